The van der Waals surface area contributed by atoms with E-state index in [0.29, 0.717) is 35.1 Å². The molecular formula is C23H21N5O5. The lowest BCUT2D eigenvalue weighted by Gasteiger charge is -2.18. The predicted molar refractivity (Wildman–Crippen MR) is 119 cm³/mol. The molecule has 0 unspecified atom stereocenters. The van der Waals surface area contributed by atoms with Crippen molar-refractivity contribution in [3.8, 4) is 0 Å². The number of cyclic esters (lactones) is 1. The Hall–Kier alpha value is -4.34. The highest BCUT2D eigenvalue weighted by Gasteiger charge is 2.31. The predicted octanol–water partition coefficient (Wildman–Crippen LogP) is 1.45. The molecule has 0 radical (unpaired) electrons. The normalized spacial score (nSPS) is 16.8. The summed E-state index contributed by atoms with van der Waals surface area (Å²) in [6.45, 7) is 1.91. The van der Waals surface area contributed by atoms with E-state index in [9.17, 15) is 19.2 Å². The van der Waals surface area contributed by atoms with Crippen LogP contribution in [0.4, 0.5) is 0 Å². The van der Waals surface area contributed by atoms with Crippen molar-refractivity contribution in [2.75, 3.05) is 6.61 Å². The molecule has 2 atom stereocenters. The average Bonchev–Trinajstić information content (AvgIpc) is 3.28. The molecule has 1 aliphatic rings. The summed E-state index contributed by atoms with van der Waals surface area (Å²) in [6.07, 6.45) is 0.477. The number of amides is 2. The van der Waals surface area contributed by atoms with Crippen LogP contribution in [0.2, 0.25) is 0 Å². The highest BCUT2D eigenvalue weighted by Crippen LogP contribution is 2.21. The van der Waals surface area contributed by atoms with Gasteiger partial charge < -0.3 is 10.1 Å². The number of rotatable bonds is 6. The number of fused-ring (bicyclic) bond motifs is 1. The lowest BCUT2D eigenvalue weighted by atomic mass is 10.0. The fourth-order valence-corrected chi connectivity index (χ4v) is 3.58. The van der Waals surface area contributed by atoms with Gasteiger partial charge >= 0.3 is 5.97 Å². The summed E-state index contributed by atoms with van der Waals surface area (Å²) in [6, 6.07) is 13.7. The van der Waals surface area contributed by atoms with E-state index in [1.807, 2.05) is 0 Å². The van der Waals surface area contributed by atoms with E-state index < -0.39 is 35.3 Å². The SMILES string of the molecule is C/C(=N/NC(=O)[C@@H](NC(=O)c1ccccc1)c1n[nH]c(=O)c2ccccc12)[C@@H]1CCOC1=O. The molecule has 2 heterocycles. The van der Waals surface area contributed by atoms with Crippen LogP contribution >= 0.6 is 0 Å². The molecule has 3 aromatic rings. The number of nitrogens with one attached hydrogen (secondary N) is 3. The summed E-state index contributed by atoms with van der Waals surface area (Å²) in [5.41, 5.74) is 2.87. The Bertz CT molecular complexity index is 1300. The highest BCUT2D eigenvalue weighted by molar-refractivity contribution is 6.03. The lowest BCUT2D eigenvalue weighted by Crippen LogP contribution is -2.40. The molecule has 4 rings (SSSR count). The van der Waals surface area contributed by atoms with E-state index in [0.717, 1.165) is 0 Å². The first-order valence-corrected chi connectivity index (χ1v) is 10.3. The lowest BCUT2D eigenvalue weighted by molar-refractivity contribution is -0.139. The summed E-state index contributed by atoms with van der Waals surface area (Å²) in [4.78, 5) is 50.0. The van der Waals surface area contributed by atoms with Crippen molar-refractivity contribution in [2.45, 2.75) is 19.4 Å². The van der Waals surface area contributed by atoms with Gasteiger partial charge in [0.1, 0.15) is 5.69 Å². The quantitative estimate of drug-likeness (QED) is 0.297. The van der Waals surface area contributed by atoms with E-state index in [-0.39, 0.29) is 5.69 Å². The Kier molecular flexibility index (Phi) is 6.25. The zero-order chi connectivity index (χ0) is 23.4. The van der Waals surface area contributed by atoms with Gasteiger partial charge in [-0.1, -0.05) is 36.4 Å². The number of H-pyrrole nitrogens is 1. The van der Waals surface area contributed by atoms with Gasteiger partial charge in [-0.25, -0.2) is 10.5 Å². The smallest absolute Gasteiger partial charge is 0.314 e. The van der Waals surface area contributed by atoms with E-state index in [4.69, 9.17) is 4.74 Å². The Morgan fingerprint density at radius 1 is 1.09 bits per heavy atom. The molecule has 0 spiro atoms. The molecule has 33 heavy (non-hydrogen) atoms. The first-order chi connectivity index (χ1) is 16.0. The number of carbonyl (C=O) groups excluding carboxylic acids is 3. The van der Waals surface area contributed by atoms with Crippen LogP contribution in [0.3, 0.4) is 0 Å². The average molecular weight is 447 g/mol. The van der Waals surface area contributed by atoms with Crippen LogP contribution in [-0.4, -0.2) is 40.3 Å². The molecule has 10 nitrogen and oxygen atoms in total. The van der Waals surface area contributed by atoms with Crippen LogP contribution in [0, 0.1) is 5.92 Å². The summed E-state index contributed by atoms with van der Waals surface area (Å²) < 4.78 is 4.94. The van der Waals surface area contributed by atoms with Gasteiger partial charge in [-0.05, 0) is 25.1 Å². The standard InChI is InChI=1S/C23H21N5O5/c1-13(15-11-12-33-23(15)32)25-28-22(31)19(24-20(29)14-7-3-2-4-8-14)18-16-9-5-6-10-17(16)21(30)27-26-18/h2-10,15,19H,11-12H2,1H3,(H,24,29)(H,27,30)(H,28,31)/b25-13-/t15-,19-/m0/s1. The zero-order valence-corrected chi connectivity index (χ0v) is 17.7. The van der Waals surface area contributed by atoms with Crippen LogP contribution < -0.4 is 16.3 Å². The number of aromatic nitrogens is 2. The topological polar surface area (TPSA) is 143 Å². The van der Waals surface area contributed by atoms with Crippen LogP contribution in [0.5, 0.6) is 0 Å². The molecule has 0 aliphatic carbocycles. The molecule has 1 aliphatic heterocycles. The van der Waals surface area contributed by atoms with E-state index >= 15 is 0 Å². The number of carbonyl (C=O) groups is 3. The molecular weight excluding hydrogens is 426 g/mol. The number of hydrogen-bond donors (Lipinski definition) is 3. The number of hydrogen-bond acceptors (Lipinski definition) is 7. The van der Waals surface area contributed by atoms with Crippen LogP contribution in [0.15, 0.2) is 64.5 Å². The molecule has 0 saturated carbocycles. The van der Waals surface area contributed by atoms with E-state index in [1.54, 1.807) is 61.5 Å². The summed E-state index contributed by atoms with van der Waals surface area (Å²) >= 11 is 0. The third kappa shape index (κ3) is 4.64. The number of aromatic amines is 1. The second kappa shape index (κ2) is 9.43. The van der Waals surface area contributed by atoms with Gasteiger partial charge in [-0.15, -0.1) is 0 Å². The fourth-order valence-electron chi connectivity index (χ4n) is 3.58. The molecule has 2 amide bonds. The third-order valence-electron chi connectivity index (χ3n) is 5.35. The number of nitrogens with zero attached hydrogens (tertiary/aromatic N) is 2. The van der Waals surface area contributed by atoms with Crippen LogP contribution in [0.25, 0.3) is 10.8 Å². The summed E-state index contributed by atoms with van der Waals surface area (Å²) in [7, 11) is 0. The maximum absolute atomic E-state index is 13.2. The molecule has 1 fully saturated rings. The second-order valence-corrected chi connectivity index (χ2v) is 7.49. The van der Waals surface area contributed by atoms with Gasteiger partial charge in [0.05, 0.1) is 17.9 Å². The third-order valence-corrected chi connectivity index (χ3v) is 5.35. The first-order valence-electron chi connectivity index (χ1n) is 10.3. The Labute approximate surface area is 188 Å². The van der Waals surface area contributed by atoms with Crippen molar-refractivity contribution in [3.05, 3.63) is 76.2 Å². The van der Waals surface area contributed by atoms with Crippen LogP contribution in [0.1, 0.15) is 35.4 Å². The van der Waals surface area contributed by atoms with Crippen LogP contribution in [-0.2, 0) is 14.3 Å². The molecule has 1 saturated heterocycles. The van der Waals surface area contributed by atoms with E-state index in [1.165, 1.54) is 0 Å². The molecule has 0 bridgehead atoms. The maximum atomic E-state index is 13.2. The van der Waals surface area contributed by atoms with E-state index in [2.05, 4.69) is 26.0 Å². The minimum atomic E-state index is -1.27. The van der Waals surface area contributed by atoms with Crippen molar-refractivity contribution >= 4 is 34.3 Å². The number of ether oxygens (including phenoxy) is 1. The molecule has 2 aromatic carbocycles. The molecule has 10 heteroatoms. The molecule has 3 N–H and O–H groups in total. The highest BCUT2D eigenvalue weighted by atomic mass is 16.5. The van der Waals surface area contributed by atoms with Crippen molar-refractivity contribution < 1.29 is 19.1 Å². The van der Waals surface area contributed by atoms with Crippen molar-refractivity contribution in [1.82, 2.24) is 20.9 Å². The number of esters is 1. The van der Waals surface area contributed by atoms with Gasteiger partial charge in [-0.3, -0.25) is 19.2 Å². The Morgan fingerprint density at radius 2 is 1.79 bits per heavy atom. The second-order valence-electron chi connectivity index (χ2n) is 7.49. The summed E-state index contributed by atoms with van der Waals surface area (Å²) in [5.74, 6) is -2.12. The van der Waals surface area contributed by atoms with Crippen molar-refractivity contribution in [2.24, 2.45) is 11.0 Å². The number of benzene rings is 2. The van der Waals surface area contributed by atoms with Gasteiger partial charge in [0.25, 0.3) is 17.4 Å². The van der Waals surface area contributed by atoms with Gasteiger partial charge in [0.15, 0.2) is 6.04 Å². The zero-order valence-electron chi connectivity index (χ0n) is 17.7. The minimum Gasteiger partial charge on any atom is -0.465 e. The first kappa shape index (κ1) is 21.9. The van der Waals surface area contributed by atoms with Crippen molar-refractivity contribution in [3.63, 3.8) is 0 Å². The fraction of sp³-hybridized carbons (Fsp3) is 0.217. The van der Waals surface area contributed by atoms with Gasteiger partial charge in [0, 0.05) is 23.1 Å². The molecule has 1 aromatic heterocycles. The van der Waals surface area contributed by atoms with Gasteiger partial charge in [0.2, 0.25) is 0 Å². The Balaban J connectivity index is 1.68. The largest absolute Gasteiger partial charge is 0.465 e. The Morgan fingerprint density at radius 3 is 2.48 bits per heavy atom. The monoisotopic (exact) mass is 447 g/mol. The maximum Gasteiger partial charge on any atom is 0.314 e. The summed E-state index contributed by atoms with van der Waals surface area (Å²) in [5, 5.41) is 13.9. The number of hydrazone groups is 1. The van der Waals surface area contributed by atoms with Gasteiger partial charge in [-0.2, -0.15) is 10.2 Å². The van der Waals surface area contributed by atoms with Crippen molar-refractivity contribution in [1.29, 1.82) is 0 Å². The minimum absolute atomic E-state index is 0.153. The molecule has 168 valence electrons.